The molecule has 0 aliphatic heterocycles. The zero-order valence-electron chi connectivity index (χ0n) is 10.4. The second kappa shape index (κ2) is 6.11. The highest BCUT2D eigenvalue weighted by atomic mass is 16.6. The van der Waals surface area contributed by atoms with E-state index in [1.165, 1.54) is 6.07 Å². The van der Waals surface area contributed by atoms with Crippen LogP contribution in [0.3, 0.4) is 0 Å². The average molecular weight is 252 g/mol. The van der Waals surface area contributed by atoms with Gasteiger partial charge in [0.15, 0.2) is 0 Å². The normalized spacial score (nSPS) is 12.4. The molecule has 6 nitrogen and oxygen atoms in total. The minimum Gasteiger partial charge on any atom is -0.480 e. The minimum absolute atomic E-state index is 0.0221. The topological polar surface area (TPSA) is 83.7 Å². The molecule has 1 aromatic carbocycles. The summed E-state index contributed by atoms with van der Waals surface area (Å²) in [7, 11) is 0. The summed E-state index contributed by atoms with van der Waals surface area (Å²) in [4.78, 5) is 22.9. The van der Waals surface area contributed by atoms with Crippen molar-refractivity contribution in [2.24, 2.45) is 0 Å². The van der Waals surface area contributed by atoms with Crippen LogP contribution >= 0.6 is 0 Å². The second-order valence-electron chi connectivity index (χ2n) is 3.95. The molecule has 1 rings (SSSR count). The number of hydrogen-bond donors (Lipinski definition) is 1. The van der Waals surface area contributed by atoms with E-state index in [0.29, 0.717) is 12.1 Å². The van der Waals surface area contributed by atoms with Crippen LogP contribution in [-0.4, -0.2) is 34.0 Å². The summed E-state index contributed by atoms with van der Waals surface area (Å²) < 4.78 is 0. The van der Waals surface area contributed by atoms with Crippen LogP contribution in [0.2, 0.25) is 0 Å². The SMILES string of the molecule is CCN(CC(=O)O)C(C)c1ccccc1[N+](=O)[O-]. The van der Waals surface area contributed by atoms with E-state index in [1.807, 2.05) is 6.92 Å². The summed E-state index contributed by atoms with van der Waals surface area (Å²) in [6.07, 6.45) is 0. The Labute approximate surface area is 105 Å². The number of aliphatic carboxylic acids is 1. The van der Waals surface area contributed by atoms with Crippen molar-refractivity contribution in [3.05, 3.63) is 39.9 Å². The average Bonchev–Trinajstić information content (AvgIpc) is 2.34. The van der Waals surface area contributed by atoms with E-state index in [4.69, 9.17) is 5.11 Å². The molecular weight excluding hydrogens is 236 g/mol. The fraction of sp³-hybridized carbons (Fsp3) is 0.417. The fourth-order valence-electron chi connectivity index (χ4n) is 1.90. The molecule has 18 heavy (non-hydrogen) atoms. The zero-order chi connectivity index (χ0) is 13.7. The van der Waals surface area contributed by atoms with Gasteiger partial charge in [0, 0.05) is 17.7 Å². The van der Waals surface area contributed by atoms with Gasteiger partial charge >= 0.3 is 5.97 Å². The molecule has 0 aliphatic carbocycles. The number of nitro groups is 1. The van der Waals surface area contributed by atoms with Crippen LogP contribution in [0.15, 0.2) is 24.3 Å². The van der Waals surface area contributed by atoms with Gasteiger partial charge < -0.3 is 5.11 Å². The van der Waals surface area contributed by atoms with E-state index in [1.54, 1.807) is 30.0 Å². The Morgan fingerprint density at radius 2 is 2.11 bits per heavy atom. The maximum absolute atomic E-state index is 10.9. The van der Waals surface area contributed by atoms with Gasteiger partial charge in [-0.05, 0) is 13.5 Å². The van der Waals surface area contributed by atoms with Crippen molar-refractivity contribution >= 4 is 11.7 Å². The molecule has 6 heteroatoms. The van der Waals surface area contributed by atoms with Gasteiger partial charge in [-0.1, -0.05) is 25.1 Å². The first kappa shape index (κ1) is 14.1. The first-order valence-corrected chi connectivity index (χ1v) is 5.66. The molecular formula is C12H16N2O4. The highest BCUT2D eigenvalue weighted by Crippen LogP contribution is 2.28. The van der Waals surface area contributed by atoms with Crippen LogP contribution in [0.5, 0.6) is 0 Å². The molecule has 1 atom stereocenters. The van der Waals surface area contributed by atoms with Crippen molar-refractivity contribution in [2.75, 3.05) is 13.1 Å². The van der Waals surface area contributed by atoms with Gasteiger partial charge in [-0.2, -0.15) is 0 Å². The Kier molecular flexibility index (Phi) is 4.79. The van der Waals surface area contributed by atoms with Gasteiger partial charge in [-0.3, -0.25) is 19.8 Å². The molecule has 0 saturated carbocycles. The third-order valence-electron chi connectivity index (χ3n) is 2.88. The largest absolute Gasteiger partial charge is 0.480 e. The van der Waals surface area contributed by atoms with Gasteiger partial charge in [-0.15, -0.1) is 0 Å². The number of rotatable bonds is 6. The lowest BCUT2D eigenvalue weighted by Crippen LogP contribution is -2.32. The van der Waals surface area contributed by atoms with Crippen LogP contribution in [0.1, 0.15) is 25.5 Å². The molecule has 0 fully saturated rings. The maximum Gasteiger partial charge on any atom is 0.317 e. The van der Waals surface area contributed by atoms with Gasteiger partial charge in [-0.25, -0.2) is 0 Å². The first-order valence-electron chi connectivity index (χ1n) is 5.66. The second-order valence-corrected chi connectivity index (χ2v) is 3.95. The number of carbonyl (C=O) groups is 1. The van der Waals surface area contributed by atoms with Gasteiger partial charge in [0.05, 0.1) is 11.5 Å². The van der Waals surface area contributed by atoms with Crippen LogP contribution in [-0.2, 0) is 4.79 Å². The maximum atomic E-state index is 10.9. The predicted molar refractivity (Wildman–Crippen MR) is 66.4 cm³/mol. The molecule has 0 heterocycles. The fourth-order valence-corrected chi connectivity index (χ4v) is 1.90. The lowest BCUT2D eigenvalue weighted by Gasteiger charge is -2.26. The van der Waals surface area contributed by atoms with Crippen molar-refractivity contribution in [3.63, 3.8) is 0 Å². The van der Waals surface area contributed by atoms with Gasteiger partial charge in [0.25, 0.3) is 5.69 Å². The molecule has 0 aliphatic rings. The van der Waals surface area contributed by atoms with Gasteiger partial charge in [0.1, 0.15) is 0 Å². The van der Waals surface area contributed by atoms with E-state index in [2.05, 4.69) is 0 Å². The Balaban J connectivity index is 3.04. The van der Waals surface area contributed by atoms with E-state index < -0.39 is 10.9 Å². The lowest BCUT2D eigenvalue weighted by molar-refractivity contribution is -0.386. The number of carboxylic acid groups (broad SMARTS) is 1. The van der Waals surface area contributed by atoms with Gasteiger partial charge in [0.2, 0.25) is 0 Å². The van der Waals surface area contributed by atoms with Crippen molar-refractivity contribution < 1.29 is 14.8 Å². The molecule has 1 N–H and O–H groups in total. The number of benzene rings is 1. The molecule has 0 spiro atoms. The summed E-state index contributed by atoms with van der Waals surface area (Å²) in [5, 5.41) is 19.7. The summed E-state index contributed by atoms with van der Waals surface area (Å²) in [5.74, 6) is -0.942. The molecule has 0 amide bonds. The van der Waals surface area contributed by atoms with E-state index >= 15 is 0 Å². The zero-order valence-corrected chi connectivity index (χ0v) is 10.4. The quantitative estimate of drug-likeness (QED) is 0.618. The number of carboxylic acids is 1. The summed E-state index contributed by atoms with van der Waals surface area (Å²) >= 11 is 0. The standard InChI is InChI=1S/C12H16N2O4/c1-3-13(8-12(15)16)9(2)10-6-4-5-7-11(10)14(17)18/h4-7,9H,3,8H2,1-2H3,(H,15,16). The summed E-state index contributed by atoms with van der Waals surface area (Å²) in [5.41, 5.74) is 0.555. The Hall–Kier alpha value is -1.95. The first-order chi connectivity index (χ1) is 8.47. The van der Waals surface area contributed by atoms with Crippen molar-refractivity contribution in [3.8, 4) is 0 Å². The lowest BCUT2D eigenvalue weighted by atomic mass is 10.0. The molecule has 0 aromatic heterocycles. The molecule has 1 unspecified atom stereocenters. The highest BCUT2D eigenvalue weighted by Gasteiger charge is 2.23. The number of para-hydroxylation sites is 1. The molecule has 0 radical (unpaired) electrons. The third-order valence-corrected chi connectivity index (χ3v) is 2.88. The van der Waals surface area contributed by atoms with Crippen molar-refractivity contribution in [2.45, 2.75) is 19.9 Å². The number of hydrogen-bond acceptors (Lipinski definition) is 4. The molecule has 98 valence electrons. The Morgan fingerprint density at radius 1 is 1.50 bits per heavy atom. The molecule has 1 aromatic rings. The molecule has 0 saturated heterocycles. The summed E-state index contributed by atoms with van der Waals surface area (Å²) in [6, 6.07) is 6.09. The van der Waals surface area contributed by atoms with Crippen molar-refractivity contribution in [1.82, 2.24) is 4.90 Å². The van der Waals surface area contributed by atoms with E-state index in [9.17, 15) is 14.9 Å². The number of nitrogens with zero attached hydrogens (tertiary/aromatic N) is 2. The third kappa shape index (κ3) is 3.27. The van der Waals surface area contributed by atoms with Crippen molar-refractivity contribution in [1.29, 1.82) is 0 Å². The Bertz CT molecular complexity index is 447. The number of likely N-dealkylation sites (N-methyl/N-ethyl adjacent to an activating group) is 1. The van der Waals surface area contributed by atoms with E-state index in [0.717, 1.165) is 0 Å². The van der Waals surface area contributed by atoms with Crippen LogP contribution in [0.25, 0.3) is 0 Å². The monoisotopic (exact) mass is 252 g/mol. The van der Waals surface area contributed by atoms with E-state index in [-0.39, 0.29) is 18.3 Å². The minimum atomic E-state index is -0.942. The highest BCUT2D eigenvalue weighted by molar-refractivity contribution is 5.69. The Morgan fingerprint density at radius 3 is 2.61 bits per heavy atom. The summed E-state index contributed by atoms with van der Waals surface area (Å²) in [6.45, 7) is 3.98. The van der Waals surface area contributed by atoms with Crippen LogP contribution in [0.4, 0.5) is 5.69 Å². The van der Waals surface area contributed by atoms with Crippen LogP contribution in [0, 0.1) is 10.1 Å². The smallest absolute Gasteiger partial charge is 0.317 e. The molecule has 0 bridgehead atoms. The van der Waals surface area contributed by atoms with Crippen LogP contribution < -0.4 is 0 Å². The number of nitro benzene ring substituents is 1. The predicted octanol–water partition coefficient (Wildman–Crippen LogP) is 2.06.